The molecule has 4 N–H and O–H groups in total. The van der Waals surface area contributed by atoms with Crippen LogP contribution < -0.4 is 0 Å². The molecule has 0 fully saturated rings. The molecule has 0 spiro atoms. The van der Waals surface area contributed by atoms with E-state index in [4.69, 9.17) is 43.6 Å². The lowest BCUT2D eigenvalue weighted by molar-refractivity contribution is -0.145. The lowest BCUT2D eigenvalue weighted by Gasteiger charge is -2.22. The van der Waals surface area contributed by atoms with E-state index in [1.807, 2.05) is 0 Å². The minimum absolute atomic E-state index is 1.33. The van der Waals surface area contributed by atoms with Crippen LogP contribution in [0.15, 0.2) is 0 Å². The number of carbonyl (C=O) groups excluding carboxylic acids is 2. The molecule has 0 saturated carbocycles. The minimum atomic E-state index is -2.10. The fourth-order valence-corrected chi connectivity index (χ4v) is 0.900. The second kappa shape index (κ2) is 5.59. The zero-order valence-electron chi connectivity index (χ0n) is 6.67. The van der Waals surface area contributed by atoms with Crippen LogP contribution in [-0.2, 0) is 9.59 Å². The first-order valence-electron chi connectivity index (χ1n) is 3.40. The number of halogens is 2. The van der Waals surface area contributed by atoms with E-state index in [0.717, 1.165) is 0 Å². The van der Waals surface area contributed by atoms with Gasteiger partial charge in [0.15, 0.2) is 12.2 Å². The predicted octanol–water partition coefficient (Wildman–Crippen LogP) is -2.04. The van der Waals surface area contributed by atoms with Gasteiger partial charge in [0, 0.05) is 0 Å². The topological polar surface area (TPSA) is 115 Å². The zero-order valence-corrected chi connectivity index (χ0v) is 8.18. The van der Waals surface area contributed by atoms with Crippen LogP contribution >= 0.6 is 23.2 Å². The minimum Gasteiger partial charge on any atom is -0.387 e. The van der Waals surface area contributed by atoms with Gasteiger partial charge in [0.25, 0.3) is 10.5 Å². The number of aliphatic hydroxyl groups is 4. The fourth-order valence-electron chi connectivity index (χ4n) is 0.642. The monoisotopic (exact) mass is 246 g/mol. The van der Waals surface area contributed by atoms with Gasteiger partial charge in [0.05, 0.1) is 0 Å². The van der Waals surface area contributed by atoms with E-state index < -0.39 is 34.9 Å². The van der Waals surface area contributed by atoms with Crippen LogP contribution in [0.2, 0.25) is 0 Å². The Morgan fingerprint density at radius 3 is 1.14 bits per heavy atom. The third-order valence-electron chi connectivity index (χ3n) is 1.46. The molecule has 0 saturated heterocycles. The van der Waals surface area contributed by atoms with Crippen molar-refractivity contribution in [1.82, 2.24) is 0 Å². The molecule has 0 aromatic carbocycles. The quantitative estimate of drug-likeness (QED) is 0.416. The Hall–Kier alpha value is -0.240. The van der Waals surface area contributed by atoms with Gasteiger partial charge in [-0.1, -0.05) is 0 Å². The van der Waals surface area contributed by atoms with Gasteiger partial charge >= 0.3 is 0 Å². The highest BCUT2D eigenvalue weighted by Gasteiger charge is 2.36. The number of carbonyl (C=O) groups is 2. The molecule has 0 heterocycles. The third kappa shape index (κ3) is 3.49. The second-order valence-electron chi connectivity index (χ2n) is 2.48. The molecule has 0 bridgehead atoms. The van der Waals surface area contributed by atoms with Gasteiger partial charge in [-0.25, -0.2) is 0 Å². The maximum Gasteiger partial charge on any atom is 0.253 e. The number of hydrogen-bond donors (Lipinski definition) is 4. The molecule has 14 heavy (non-hydrogen) atoms. The van der Waals surface area contributed by atoms with E-state index in [2.05, 4.69) is 0 Å². The van der Waals surface area contributed by atoms with Crippen LogP contribution in [0.1, 0.15) is 0 Å². The highest BCUT2D eigenvalue weighted by molar-refractivity contribution is 6.65. The van der Waals surface area contributed by atoms with Crippen molar-refractivity contribution in [3.63, 3.8) is 0 Å². The van der Waals surface area contributed by atoms with Gasteiger partial charge in [0.2, 0.25) is 0 Å². The van der Waals surface area contributed by atoms with Crippen molar-refractivity contribution in [1.29, 1.82) is 0 Å². The average Bonchev–Trinajstić information content (AvgIpc) is 2.12. The summed E-state index contributed by atoms with van der Waals surface area (Å²) < 4.78 is 0. The standard InChI is InChI=1S/C6H8Cl2O6/c7-5(13)3(11)1(9)2(10)4(12)6(8)14/h1-4,9-12H/t1-,2-,3-,4+/m0/s1. The Labute approximate surface area is 88.7 Å². The van der Waals surface area contributed by atoms with Crippen LogP contribution in [0.5, 0.6) is 0 Å². The number of hydrogen-bond acceptors (Lipinski definition) is 6. The zero-order chi connectivity index (χ0) is 11.5. The van der Waals surface area contributed by atoms with Crippen molar-refractivity contribution >= 4 is 33.7 Å². The normalized spacial score (nSPS) is 19.6. The van der Waals surface area contributed by atoms with Crippen molar-refractivity contribution in [2.75, 3.05) is 0 Å². The smallest absolute Gasteiger partial charge is 0.253 e. The maximum atomic E-state index is 10.3. The lowest BCUT2D eigenvalue weighted by Crippen LogP contribution is -2.48. The molecule has 0 unspecified atom stereocenters. The molecule has 4 atom stereocenters. The highest BCUT2D eigenvalue weighted by Crippen LogP contribution is 2.09. The summed E-state index contributed by atoms with van der Waals surface area (Å²) in [5.41, 5.74) is 0. The van der Waals surface area contributed by atoms with E-state index in [0.29, 0.717) is 0 Å². The van der Waals surface area contributed by atoms with Gasteiger partial charge < -0.3 is 20.4 Å². The molecular weight excluding hydrogens is 239 g/mol. The van der Waals surface area contributed by atoms with Crippen LogP contribution in [0.4, 0.5) is 0 Å². The largest absolute Gasteiger partial charge is 0.387 e. The maximum absolute atomic E-state index is 10.3. The van der Waals surface area contributed by atoms with Crippen molar-refractivity contribution in [2.45, 2.75) is 24.4 Å². The Kier molecular flexibility index (Phi) is 5.50. The van der Waals surface area contributed by atoms with Gasteiger partial charge in [-0.05, 0) is 23.2 Å². The summed E-state index contributed by atoms with van der Waals surface area (Å²) in [6.45, 7) is 0. The molecular formula is C6H8Cl2O6. The van der Waals surface area contributed by atoms with Crippen molar-refractivity contribution < 1.29 is 30.0 Å². The van der Waals surface area contributed by atoms with E-state index in [9.17, 15) is 9.59 Å². The van der Waals surface area contributed by atoms with Crippen LogP contribution in [0.3, 0.4) is 0 Å². The summed E-state index contributed by atoms with van der Waals surface area (Å²) in [5, 5.41) is 33.0. The molecule has 0 aromatic rings. The Morgan fingerprint density at radius 2 is 1.00 bits per heavy atom. The molecule has 0 rings (SSSR count). The Balaban J connectivity index is 4.45. The van der Waals surface area contributed by atoms with Gasteiger partial charge in [-0.15, -0.1) is 0 Å². The molecule has 0 amide bonds. The van der Waals surface area contributed by atoms with Crippen molar-refractivity contribution in [2.24, 2.45) is 0 Å². The first kappa shape index (κ1) is 13.8. The van der Waals surface area contributed by atoms with E-state index in [1.165, 1.54) is 0 Å². The first-order valence-corrected chi connectivity index (χ1v) is 4.15. The van der Waals surface area contributed by atoms with E-state index >= 15 is 0 Å². The van der Waals surface area contributed by atoms with E-state index in [1.54, 1.807) is 0 Å². The van der Waals surface area contributed by atoms with E-state index in [-0.39, 0.29) is 0 Å². The summed E-state index contributed by atoms with van der Waals surface area (Å²) in [5.74, 6) is 0. The highest BCUT2D eigenvalue weighted by atomic mass is 35.5. The molecule has 6 nitrogen and oxygen atoms in total. The SMILES string of the molecule is O=C(Cl)[C@@H](O)[C@@H](O)[C@H](O)[C@@H](O)C(=O)Cl. The third-order valence-corrected chi connectivity index (χ3v) is 1.91. The first-order chi connectivity index (χ1) is 6.29. The molecule has 0 aliphatic carbocycles. The Bertz CT molecular complexity index is 208. The predicted molar refractivity (Wildman–Crippen MR) is 45.7 cm³/mol. The number of rotatable bonds is 5. The lowest BCUT2D eigenvalue weighted by atomic mass is 10.0. The van der Waals surface area contributed by atoms with Crippen LogP contribution in [-0.4, -0.2) is 55.3 Å². The van der Waals surface area contributed by atoms with Crippen LogP contribution in [0, 0.1) is 0 Å². The second-order valence-corrected chi connectivity index (χ2v) is 3.22. The molecule has 0 aromatic heterocycles. The van der Waals surface area contributed by atoms with Gasteiger partial charge in [0.1, 0.15) is 12.2 Å². The van der Waals surface area contributed by atoms with Gasteiger partial charge in [-0.2, -0.15) is 0 Å². The van der Waals surface area contributed by atoms with Crippen molar-refractivity contribution in [3.05, 3.63) is 0 Å². The summed E-state index contributed by atoms with van der Waals surface area (Å²) in [7, 11) is 0. The molecule has 0 aliphatic heterocycles. The average molecular weight is 247 g/mol. The molecule has 82 valence electrons. The summed E-state index contributed by atoms with van der Waals surface area (Å²) >= 11 is 9.58. The van der Waals surface area contributed by atoms with Crippen LogP contribution in [0.25, 0.3) is 0 Å². The molecule has 0 radical (unpaired) electrons. The summed E-state index contributed by atoms with van der Waals surface area (Å²) in [4.78, 5) is 20.7. The van der Waals surface area contributed by atoms with Crippen molar-refractivity contribution in [3.8, 4) is 0 Å². The molecule has 8 heteroatoms. The summed E-state index contributed by atoms with van der Waals surface area (Å²) in [6.07, 6.45) is -8.37. The fraction of sp³-hybridized carbons (Fsp3) is 0.667. The number of aliphatic hydroxyl groups excluding tert-OH is 4. The van der Waals surface area contributed by atoms with Gasteiger partial charge in [-0.3, -0.25) is 9.59 Å². The Morgan fingerprint density at radius 1 is 0.786 bits per heavy atom. The molecule has 0 aliphatic rings. The summed E-state index contributed by atoms with van der Waals surface area (Å²) in [6, 6.07) is 0.